The first kappa shape index (κ1) is 23.3. The van der Waals surface area contributed by atoms with Gasteiger partial charge in [0.15, 0.2) is 0 Å². The van der Waals surface area contributed by atoms with E-state index >= 15 is 0 Å². The minimum Gasteiger partial charge on any atom is -0.461 e. The summed E-state index contributed by atoms with van der Waals surface area (Å²) in [6.07, 6.45) is 0.225. The van der Waals surface area contributed by atoms with Gasteiger partial charge in [-0.05, 0) is 38.0 Å². The van der Waals surface area contributed by atoms with E-state index in [0.717, 1.165) is 5.52 Å². The van der Waals surface area contributed by atoms with E-state index in [-0.39, 0.29) is 19.3 Å². The molecule has 1 aromatic heterocycles. The Hall–Kier alpha value is -3.00. The van der Waals surface area contributed by atoms with Crippen LogP contribution in [0.1, 0.15) is 32.3 Å². The van der Waals surface area contributed by atoms with Gasteiger partial charge in [-0.1, -0.05) is 17.7 Å². The molecule has 1 heterocycles. The number of aromatic amines is 1. The van der Waals surface area contributed by atoms with Crippen molar-refractivity contribution >= 4 is 46.4 Å². The van der Waals surface area contributed by atoms with Gasteiger partial charge >= 0.3 is 12.2 Å². The fourth-order valence-electron chi connectivity index (χ4n) is 2.92. The summed E-state index contributed by atoms with van der Waals surface area (Å²) in [4.78, 5) is 42.0. The smallest absolute Gasteiger partial charge is 0.328 e. The Bertz CT molecular complexity index is 981. The second-order valence-corrected chi connectivity index (χ2v) is 7.40. The van der Waals surface area contributed by atoms with Crippen molar-refractivity contribution in [3.63, 3.8) is 0 Å². The van der Waals surface area contributed by atoms with Gasteiger partial charge in [0.2, 0.25) is 11.7 Å². The molecule has 10 heteroatoms. The second kappa shape index (κ2) is 10.7. The normalized spacial score (nSPS) is 12.8. The standard InChI is InChI=1S/C20H23ClN4O5/c1-11(2)30-20(29)16(7-6-13(26)10-24-22)25-19(28)17(27)8-12-9-23-15-5-3-4-14(21)18(12)15/h3-5,9-11,16-17,23,27H,6-8H2,1-2H3,(H,25,28)/t16-,17-/m0/s1. The number of Topliss-reactive ketones (excluding diaryl/α,β-unsaturated/α-hetero) is 1. The molecule has 0 aliphatic carbocycles. The highest BCUT2D eigenvalue weighted by atomic mass is 35.5. The van der Waals surface area contributed by atoms with Crippen LogP contribution in [0, 0.1) is 0 Å². The number of ether oxygens (including phenoxy) is 1. The van der Waals surface area contributed by atoms with E-state index in [1.54, 1.807) is 32.2 Å². The Balaban J connectivity index is 2.09. The van der Waals surface area contributed by atoms with Gasteiger partial charge in [0.25, 0.3) is 0 Å². The molecule has 160 valence electrons. The number of nitrogens with zero attached hydrogens (tertiary/aromatic N) is 2. The molecule has 2 rings (SSSR count). The molecule has 9 nitrogen and oxygen atoms in total. The third-order valence-electron chi connectivity index (χ3n) is 4.29. The highest BCUT2D eigenvalue weighted by Gasteiger charge is 2.27. The van der Waals surface area contributed by atoms with E-state index < -0.39 is 35.9 Å². The molecule has 0 bridgehead atoms. The number of aliphatic hydroxyl groups is 1. The first-order valence-corrected chi connectivity index (χ1v) is 9.74. The van der Waals surface area contributed by atoms with Crippen LogP contribution in [0.4, 0.5) is 0 Å². The van der Waals surface area contributed by atoms with E-state index in [9.17, 15) is 19.5 Å². The molecular weight excluding hydrogens is 412 g/mol. The zero-order valence-electron chi connectivity index (χ0n) is 16.6. The van der Waals surface area contributed by atoms with Crippen molar-refractivity contribution in [1.29, 1.82) is 0 Å². The number of fused-ring (bicyclic) bond motifs is 1. The molecule has 0 unspecified atom stereocenters. The van der Waals surface area contributed by atoms with Crippen LogP contribution < -0.4 is 5.32 Å². The number of amides is 1. The maximum atomic E-state index is 12.5. The lowest BCUT2D eigenvalue weighted by molar-refractivity contribution is -0.152. The molecule has 0 spiro atoms. The zero-order chi connectivity index (χ0) is 22.3. The Morgan fingerprint density at radius 2 is 2.10 bits per heavy atom. The summed E-state index contributed by atoms with van der Waals surface area (Å²) in [5.74, 6) is -2.04. The van der Waals surface area contributed by atoms with Gasteiger partial charge in [-0.15, -0.1) is 0 Å². The second-order valence-electron chi connectivity index (χ2n) is 6.99. The molecule has 0 fully saturated rings. The molecule has 0 saturated heterocycles. The number of hydrogen-bond acceptors (Lipinski definition) is 5. The Labute approximate surface area is 178 Å². The number of halogens is 1. The first-order chi connectivity index (χ1) is 14.2. The predicted molar refractivity (Wildman–Crippen MR) is 110 cm³/mol. The quantitative estimate of drug-likeness (QED) is 0.226. The fourth-order valence-corrected chi connectivity index (χ4v) is 3.21. The molecule has 1 aromatic carbocycles. The van der Waals surface area contributed by atoms with Crippen LogP contribution >= 0.6 is 11.6 Å². The maximum absolute atomic E-state index is 12.5. The summed E-state index contributed by atoms with van der Waals surface area (Å²) in [5, 5.41) is 14.0. The SMILES string of the molecule is CC(C)OC(=O)[C@H](CCC(=O)C=[N+]=[N-])NC(=O)[C@@H](O)Cc1c[nH]c2cccc(Cl)c12. The summed E-state index contributed by atoms with van der Waals surface area (Å²) < 4.78 is 5.11. The van der Waals surface area contributed by atoms with Gasteiger partial charge in [0.1, 0.15) is 12.1 Å². The van der Waals surface area contributed by atoms with Crippen LogP contribution in [-0.2, 0) is 25.5 Å². The maximum Gasteiger partial charge on any atom is 0.328 e. The number of rotatable bonds is 10. The largest absolute Gasteiger partial charge is 0.461 e. The summed E-state index contributed by atoms with van der Waals surface area (Å²) in [7, 11) is 0. The third-order valence-corrected chi connectivity index (χ3v) is 4.60. The average molecular weight is 435 g/mol. The van der Waals surface area contributed by atoms with Gasteiger partial charge < -0.3 is 25.7 Å². The number of H-pyrrole nitrogens is 1. The topological polar surface area (TPSA) is 145 Å². The number of benzene rings is 1. The van der Waals surface area contributed by atoms with Crippen LogP contribution in [0.3, 0.4) is 0 Å². The van der Waals surface area contributed by atoms with E-state index in [2.05, 4.69) is 15.1 Å². The van der Waals surface area contributed by atoms with Crippen molar-refractivity contribution in [2.75, 3.05) is 0 Å². The number of aromatic nitrogens is 1. The van der Waals surface area contributed by atoms with Gasteiger partial charge in [0.05, 0.1) is 11.1 Å². The average Bonchev–Trinajstić information content (AvgIpc) is 3.08. The summed E-state index contributed by atoms with van der Waals surface area (Å²) in [6, 6.07) is 4.17. The minimum atomic E-state index is -1.45. The molecule has 0 aliphatic rings. The van der Waals surface area contributed by atoms with E-state index in [4.69, 9.17) is 21.9 Å². The van der Waals surface area contributed by atoms with Crippen molar-refractivity contribution in [2.45, 2.75) is 51.4 Å². The molecule has 1 amide bonds. The van der Waals surface area contributed by atoms with Crippen molar-refractivity contribution in [2.24, 2.45) is 0 Å². The van der Waals surface area contributed by atoms with Crippen LogP contribution in [0.25, 0.3) is 16.4 Å². The van der Waals surface area contributed by atoms with Crippen molar-refractivity contribution in [3.8, 4) is 0 Å². The monoisotopic (exact) mass is 434 g/mol. The molecular formula is C20H23ClN4O5. The molecule has 30 heavy (non-hydrogen) atoms. The Morgan fingerprint density at radius 3 is 2.77 bits per heavy atom. The number of carbonyl (C=O) groups is 3. The molecule has 2 atom stereocenters. The summed E-state index contributed by atoms with van der Waals surface area (Å²) in [6.45, 7) is 3.30. The lowest BCUT2D eigenvalue weighted by Crippen LogP contribution is -2.47. The van der Waals surface area contributed by atoms with Crippen LogP contribution in [0.5, 0.6) is 0 Å². The van der Waals surface area contributed by atoms with Gasteiger partial charge in [0, 0.05) is 29.9 Å². The first-order valence-electron chi connectivity index (χ1n) is 9.36. The number of aliphatic hydroxyl groups excluding tert-OH is 1. The zero-order valence-corrected chi connectivity index (χ0v) is 17.3. The minimum absolute atomic E-state index is 0.0301. The molecule has 0 saturated carbocycles. The fraction of sp³-hybridized carbons (Fsp3) is 0.400. The predicted octanol–water partition coefficient (Wildman–Crippen LogP) is 1.81. The Kier molecular flexibility index (Phi) is 8.29. The number of carbonyl (C=O) groups excluding carboxylic acids is 3. The highest BCUT2D eigenvalue weighted by molar-refractivity contribution is 6.35. The third kappa shape index (κ3) is 6.25. The van der Waals surface area contributed by atoms with E-state index in [1.807, 2.05) is 6.07 Å². The van der Waals surface area contributed by atoms with Gasteiger partial charge in [-0.2, -0.15) is 4.79 Å². The number of ketones is 1. The molecule has 2 aromatic rings. The lowest BCUT2D eigenvalue weighted by Gasteiger charge is -2.20. The van der Waals surface area contributed by atoms with Gasteiger partial charge in [-0.25, -0.2) is 4.79 Å². The van der Waals surface area contributed by atoms with E-state index in [0.29, 0.717) is 22.2 Å². The van der Waals surface area contributed by atoms with Crippen molar-refractivity contribution in [1.82, 2.24) is 10.3 Å². The molecule has 0 aliphatic heterocycles. The van der Waals surface area contributed by atoms with Crippen LogP contribution in [0.2, 0.25) is 5.02 Å². The Morgan fingerprint density at radius 1 is 1.37 bits per heavy atom. The van der Waals surface area contributed by atoms with Crippen molar-refractivity contribution in [3.05, 3.63) is 40.5 Å². The number of hydrogen-bond donors (Lipinski definition) is 3. The van der Waals surface area contributed by atoms with Gasteiger partial charge in [-0.3, -0.25) is 9.59 Å². The summed E-state index contributed by atoms with van der Waals surface area (Å²) in [5.41, 5.74) is 9.83. The molecule has 0 radical (unpaired) electrons. The molecule has 3 N–H and O–H groups in total. The van der Waals surface area contributed by atoms with E-state index in [1.165, 1.54) is 0 Å². The lowest BCUT2D eigenvalue weighted by atomic mass is 10.0. The summed E-state index contributed by atoms with van der Waals surface area (Å²) >= 11 is 6.21. The highest BCUT2D eigenvalue weighted by Crippen LogP contribution is 2.27. The number of esters is 1. The van der Waals surface area contributed by atoms with Crippen LogP contribution in [-0.4, -0.2) is 57.0 Å². The van der Waals surface area contributed by atoms with Crippen LogP contribution in [0.15, 0.2) is 24.4 Å². The number of nitrogens with one attached hydrogen (secondary N) is 2. The van der Waals surface area contributed by atoms with Crippen molar-refractivity contribution < 1.29 is 29.0 Å².